The fraction of sp³-hybridized carbons (Fsp3) is 0.429. The molecule has 28 heavy (non-hydrogen) atoms. The molecule has 1 aliphatic rings. The quantitative estimate of drug-likeness (QED) is 0.759. The number of piperazine rings is 1. The van der Waals surface area contributed by atoms with Gasteiger partial charge in [0.25, 0.3) is 0 Å². The van der Waals surface area contributed by atoms with E-state index >= 15 is 0 Å². The maximum absolute atomic E-state index is 13.5. The van der Waals surface area contributed by atoms with Crippen molar-refractivity contribution in [3.63, 3.8) is 0 Å². The summed E-state index contributed by atoms with van der Waals surface area (Å²) in [6.45, 7) is 3.33. The van der Waals surface area contributed by atoms with Gasteiger partial charge < -0.3 is 14.9 Å². The van der Waals surface area contributed by atoms with Gasteiger partial charge in [0, 0.05) is 50.9 Å². The molecule has 0 bridgehead atoms. The highest BCUT2D eigenvalue weighted by Crippen LogP contribution is 2.26. The lowest BCUT2D eigenvalue weighted by molar-refractivity contribution is 0.0495. The van der Waals surface area contributed by atoms with Gasteiger partial charge in [-0.3, -0.25) is 9.80 Å². The summed E-state index contributed by atoms with van der Waals surface area (Å²) in [6, 6.07) is 9.21. The molecule has 0 amide bonds. The minimum atomic E-state index is -0.849. The van der Waals surface area contributed by atoms with Crippen LogP contribution in [0.25, 0.3) is 0 Å². The second-order valence-electron chi connectivity index (χ2n) is 7.11. The summed E-state index contributed by atoms with van der Waals surface area (Å²) in [4.78, 5) is 4.40. The monoisotopic (exact) mass is 392 g/mol. The molecule has 1 fully saturated rings. The van der Waals surface area contributed by atoms with E-state index in [1.54, 1.807) is 25.3 Å². The molecular formula is C21H26F2N2O3. The van der Waals surface area contributed by atoms with E-state index in [-0.39, 0.29) is 18.4 Å². The van der Waals surface area contributed by atoms with Crippen LogP contribution in [-0.2, 0) is 13.1 Å². The van der Waals surface area contributed by atoms with E-state index in [1.165, 1.54) is 6.07 Å². The summed E-state index contributed by atoms with van der Waals surface area (Å²) in [5.41, 5.74) is 1.50. The topological polar surface area (TPSA) is 56.2 Å². The van der Waals surface area contributed by atoms with Crippen molar-refractivity contribution in [2.24, 2.45) is 0 Å². The predicted octanol–water partition coefficient (Wildman–Crippen LogP) is 2.75. The standard InChI is InChI=1S/C21H26F2N2O3/c1-28-18-3-5-21(27)16(11-18)13-24-7-8-25(17(14-24)6-9-26)12-15-2-4-19(22)20(23)10-15/h2-5,10-11,17,26-27H,6-9,12-14H2,1H3/t17-/m1/s1. The Hall–Kier alpha value is -2.22. The Morgan fingerprint density at radius 3 is 2.61 bits per heavy atom. The number of methoxy groups -OCH3 is 1. The molecule has 0 saturated carbocycles. The van der Waals surface area contributed by atoms with Gasteiger partial charge >= 0.3 is 0 Å². The molecule has 0 spiro atoms. The van der Waals surface area contributed by atoms with Crippen LogP contribution in [0.1, 0.15) is 17.5 Å². The summed E-state index contributed by atoms with van der Waals surface area (Å²) >= 11 is 0. The first-order valence-corrected chi connectivity index (χ1v) is 9.37. The zero-order chi connectivity index (χ0) is 20.1. The van der Waals surface area contributed by atoms with E-state index in [1.807, 2.05) is 6.07 Å². The second kappa shape index (κ2) is 9.32. The Labute approximate surface area is 163 Å². The maximum atomic E-state index is 13.5. The lowest BCUT2D eigenvalue weighted by Crippen LogP contribution is -2.52. The Bertz CT molecular complexity index is 803. The fourth-order valence-corrected chi connectivity index (χ4v) is 3.66. The van der Waals surface area contributed by atoms with Crippen molar-refractivity contribution >= 4 is 0 Å². The number of aliphatic hydroxyl groups excluding tert-OH is 1. The molecule has 3 rings (SSSR count). The van der Waals surface area contributed by atoms with Crippen molar-refractivity contribution in [1.82, 2.24) is 9.80 Å². The smallest absolute Gasteiger partial charge is 0.159 e. The van der Waals surface area contributed by atoms with Crippen LogP contribution in [0.3, 0.4) is 0 Å². The maximum Gasteiger partial charge on any atom is 0.159 e. The summed E-state index contributed by atoms with van der Waals surface area (Å²) < 4.78 is 31.9. The van der Waals surface area contributed by atoms with Crippen LogP contribution in [0.5, 0.6) is 11.5 Å². The van der Waals surface area contributed by atoms with Gasteiger partial charge in [-0.15, -0.1) is 0 Å². The molecule has 1 saturated heterocycles. The molecule has 2 aromatic rings. The number of phenols is 1. The number of rotatable bonds is 7. The zero-order valence-corrected chi connectivity index (χ0v) is 15.9. The highest BCUT2D eigenvalue weighted by atomic mass is 19.2. The Balaban J connectivity index is 1.67. The van der Waals surface area contributed by atoms with E-state index in [9.17, 15) is 19.0 Å². The first kappa shape index (κ1) is 20.5. The minimum absolute atomic E-state index is 0.0528. The SMILES string of the molecule is COc1ccc(O)c(CN2CCN(Cc3ccc(F)c(F)c3)[C@H](CCO)C2)c1. The first-order valence-electron chi connectivity index (χ1n) is 9.37. The third kappa shape index (κ3) is 4.98. The van der Waals surface area contributed by atoms with E-state index in [2.05, 4.69) is 9.80 Å². The minimum Gasteiger partial charge on any atom is -0.508 e. The van der Waals surface area contributed by atoms with Crippen LogP contribution in [0.4, 0.5) is 8.78 Å². The predicted molar refractivity (Wildman–Crippen MR) is 102 cm³/mol. The van der Waals surface area contributed by atoms with Gasteiger partial charge in [-0.2, -0.15) is 0 Å². The van der Waals surface area contributed by atoms with Crippen LogP contribution in [0.2, 0.25) is 0 Å². The second-order valence-corrected chi connectivity index (χ2v) is 7.11. The normalized spacial score (nSPS) is 18.4. The molecule has 1 aliphatic heterocycles. The van der Waals surface area contributed by atoms with Gasteiger partial charge in [-0.05, 0) is 42.3 Å². The molecule has 7 heteroatoms. The number of hydrogen-bond donors (Lipinski definition) is 2. The summed E-state index contributed by atoms with van der Waals surface area (Å²) in [7, 11) is 1.59. The Morgan fingerprint density at radius 1 is 1.07 bits per heavy atom. The number of aliphatic hydroxyl groups is 1. The van der Waals surface area contributed by atoms with Crippen molar-refractivity contribution in [2.45, 2.75) is 25.6 Å². The van der Waals surface area contributed by atoms with Gasteiger partial charge in [-0.1, -0.05) is 6.07 Å². The van der Waals surface area contributed by atoms with Gasteiger partial charge in [0.1, 0.15) is 11.5 Å². The van der Waals surface area contributed by atoms with Gasteiger partial charge in [-0.25, -0.2) is 8.78 Å². The molecule has 152 valence electrons. The molecule has 1 atom stereocenters. The molecule has 0 aromatic heterocycles. The molecule has 0 radical (unpaired) electrons. The first-order chi connectivity index (χ1) is 13.5. The lowest BCUT2D eigenvalue weighted by atomic mass is 10.1. The Kier molecular flexibility index (Phi) is 6.83. The molecule has 0 aliphatic carbocycles. The summed E-state index contributed by atoms with van der Waals surface area (Å²) in [5.74, 6) is -0.776. The highest BCUT2D eigenvalue weighted by Gasteiger charge is 2.27. The van der Waals surface area contributed by atoms with Gasteiger partial charge in [0.2, 0.25) is 0 Å². The van der Waals surface area contributed by atoms with Crippen LogP contribution >= 0.6 is 0 Å². The molecule has 2 aromatic carbocycles. The van der Waals surface area contributed by atoms with Crippen molar-refractivity contribution in [2.75, 3.05) is 33.4 Å². The number of aromatic hydroxyl groups is 1. The number of nitrogens with zero attached hydrogens (tertiary/aromatic N) is 2. The van der Waals surface area contributed by atoms with Crippen molar-refractivity contribution in [1.29, 1.82) is 0 Å². The van der Waals surface area contributed by atoms with E-state index in [4.69, 9.17) is 4.74 Å². The van der Waals surface area contributed by atoms with Crippen LogP contribution in [0.15, 0.2) is 36.4 Å². The van der Waals surface area contributed by atoms with E-state index in [0.29, 0.717) is 37.4 Å². The van der Waals surface area contributed by atoms with Crippen LogP contribution in [0, 0.1) is 11.6 Å². The summed E-state index contributed by atoms with van der Waals surface area (Å²) in [5, 5.41) is 19.6. The third-order valence-electron chi connectivity index (χ3n) is 5.20. The van der Waals surface area contributed by atoms with Gasteiger partial charge in [0.15, 0.2) is 11.6 Å². The molecule has 1 heterocycles. The number of benzene rings is 2. The number of hydrogen-bond acceptors (Lipinski definition) is 5. The van der Waals surface area contributed by atoms with Crippen molar-refractivity contribution in [3.8, 4) is 11.5 Å². The van der Waals surface area contributed by atoms with Crippen LogP contribution < -0.4 is 4.74 Å². The average Bonchev–Trinajstić information content (AvgIpc) is 2.68. The lowest BCUT2D eigenvalue weighted by Gasteiger charge is -2.41. The molecule has 5 nitrogen and oxygen atoms in total. The largest absolute Gasteiger partial charge is 0.508 e. The van der Waals surface area contributed by atoms with Crippen molar-refractivity contribution < 1.29 is 23.7 Å². The Morgan fingerprint density at radius 2 is 1.89 bits per heavy atom. The van der Waals surface area contributed by atoms with Gasteiger partial charge in [0.05, 0.1) is 7.11 Å². The number of phenolic OH excluding ortho intramolecular Hbond substituents is 1. The van der Waals surface area contributed by atoms with Crippen molar-refractivity contribution in [3.05, 3.63) is 59.2 Å². The summed E-state index contributed by atoms with van der Waals surface area (Å²) in [6.07, 6.45) is 0.588. The van der Waals surface area contributed by atoms with Crippen LogP contribution in [-0.4, -0.2) is 59.4 Å². The molecule has 2 N–H and O–H groups in total. The molecule has 0 unspecified atom stereocenters. The fourth-order valence-electron chi connectivity index (χ4n) is 3.66. The highest BCUT2D eigenvalue weighted by molar-refractivity contribution is 5.39. The van der Waals surface area contributed by atoms with E-state index in [0.717, 1.165) is 24.7 Å². The molecular weight excluding hydrogens is 366 g/mol. The zero-order valence-electron chi connectivity index (χ0n) is 15.9. The van der Waals surface area contributed by atoms with E-state index < -0.39 is 11.6 Å². The number of halogens is 2. The third-order valence-corrected chi connectivity index (χ3v) is 5.20. The average molecular weight is 392 g/mol. The number of ether oxygens (including phenoxy) is 1.